The zero-order valence-electron chi connectivity index (χ0n) is 18.3. The fourth-order valence-electron chi connectivity index (χ4n) is 3.91. The monoisotopic (exact) mass is 585 g/mol. The van der Waals surface area contributed by atoms with Gasteiger partial charge in [-0.3, -0.25) is 19.7 Å². The standard InChI is InChI=1S/C24H16Cl5N3O4/c1-11-2-5-18(19(6-11)32(35)36)31-22(33)16-10-15(3-4-17(16)27)30-23(34)21-20(24(21,28)29)12-7-13(25)9-14(26)8-12/h2-10,20-21H,1H3,(H,30,34)(H,31,33)/t20-,21+/m0/s1. The number of carbonyl (C=O) groups excluding carboxylic acids is 2. The third-order valence-corrected chi connectivity index (χ3v) is 7.36. The van der Waals surface area contributed by atoms with Crippen LogP contribution < -0.4 is 10.6 Å². The number of nitrogens with zero attached hydrogens (tertiary/aromatic N) is 1. The summed E-state index contributed by atoms with van der Waals surface area (Å²) in [6.07, 6.45) is 0. The third-order valence-electron chi connectivity index (χ3n) is 5.66. The molecule has 1 aliphatic carbocycles. The van der Waals surface area contributed by atoms with E-state index in [4.69, 9.17) is 58.0 Å². The fourth-order valence-corrected chi connectivity index (χ4v) is 5.48. The van der Waals surface area contributed by atoms with E-state index in [0.717, 1.165) is 0 Å². The summed E-state index contributed by atoms with van der Waals surface area (Å²) in [4.78, 5) is 36.7. The predicted octanol–water partition coefficient (Wildman–Crippen LogP) is 7.64. The number of halogens is 5. The summed E-state index contributed by atoms with van der Waals surface area (Å²) in [6, 6.07) is 13.5. The van der Waals surface area contributed by atoms with Gasteiger partial charge in [-0.05, 0) is 60.5 Å². The molecule has 12 heteroatoms. The van der Waals surface area contributed by atoms with Crippen LogP contribution in [0.2, 0.25) is 15.1 Å². The number of benzene rings is 3. The SMILES string of the molecule is Cc1ccc(NC(=O)c2cc(NC(=O)[C@H]3[C@H](c4cc(Cl)cc(Cl)c4)C3(Cl)Cl)ccc2Cl)c([N+](=O)[O-])c1. The summed E-state index contributed by atoms with van der Waals surface area (Å²) in [7, 11) is 0. The summed E-state index contributed by atoms with van der Waals surface area (Å²) < 4.78 is -1.38. The second-order valence-electron chi connectivity index (χ2n) is 8.25. The van der Waals surface area contributed by atoms with Crippen LogP contribution in [0.1, 0.15) is 27.4 Å². The summed E-state index contributed by atoms with van der Waals surface area (Å²) >= 11 is 31.1. The number of nitro benzene ring substituents is 1. The minimum atomic E-state index is -1.38. The number of rotatable bonds is 6. The number of hydrogen-bond donors (Lipinski definition) is 2. The average Bonchev–Trinajstić information content (AvgIpc) is 3.37. The highest BCUT2D eigenvalue weighted by Gasteiger charge is 2.67. The topological polar surface area (TPSA) is 101 Å². The van der Waals surface area contributed by atoms with E-state index in [1.807, 2.05) is 0 Å². The van der Waals surface area contributed by atoms with Gasteiger partial charge in [-0.2, -0.15) is 0 Å². The maximum atomic E-state index is 13.0. The van der Waals surface area contributed by atoms with Gasteiger partial charge in [-0.15, -0.1) is 23.2 Å². The quantitative estimate of drug-likeness (QED) is 0.176. The molecule has 4 rings (SSSR count). The maximum absolute atomic E-state index is 13.0. The lowest BCUT2D eigenvalue weighted by Gasteiger charge is -2.11. The Bertz CT molecular complexity index is 1390. The van der Waals surface area contributed by atoms with E-state index in [1.54, 1.807) is 31.2 Å². The first kappa shape index (κ1) is 26.5. The van der Waals surface area contributed by atoms with Crippen LogP contribution >= 0.6 is 58.0 Å². The number of hydrogen-bond acceptors (Lipinski definition) is 4. The largest absolute Gasteiger partial charge is 0.326 e. The zero-order chi connectivity index (χ0) is 26.4. The molecule has 186 valence electrons. The molecule has 0 heterocycles. The highest BCUT2D eigenvalue weighted by molar-refractivity contribution is 6.53. The molecule has 0 bridgehead atoms. The van der Waals surface area contributed by atoms with Crippen molar-refractivity contribution in [2.75, 3.05) is 10.6 Å². The first-order valence-corrected chi connectivity index (χ1v) is 12.3. The van der Waals surface area contributed by atoms with Crippen molar-refractivity contribution in [3.63, 3.8) is 0 Å². The molecule has 36 heavy (non-hydrogen) atoms. The molecule has 7 nitrogen and oxygen atoms in total. The molecule has 1 saturated carbocycles. The van der Waals surface area contributed by atoms with Crippen LogP contribution in [0, 0.1) is 23.0 Å². The van der Waals surface area contributed by atoms with Crippen molar-refractivity contribution in [1.29, 1.82) is 0 Å². The smallest absolute Gasteiger partial charge is 0.293 e. The number of nitrogens with one attached hydrogen (secondary N) is 2. The van der Waals surface area contributed by atoms with Crippen LogP contribution in [-0.2, 0) is 4.79 Å². The molecule has 3 aromatic rings. The Labute approximate surface area is 230 Å². The molecule has 0 saturated heterocycles. The highest BCUT2D eigenvalue weighted by atomic mass is 35.5. The Hall–Kier alpha value is -2.55. The molecular weight excluding hydrogens is 572 g/mol. The minimum absolute atomic E-state index is 0.00122. The number of alkyl halides is 2. The molecule has 0 aliphatic heterocycles. The Morgan fingerprint density at radius 1 is 0.944 bits per heavy atom. The van der Waals surface area contributed by atoms with Gasteiger partial charge in [0.05, 0.1) is 21.4 Å². The molecule has 1 fully saturated rings. The first-order valence-electron chi connectivity index (χ1n) is 10.4. The van der Waals surface area contributed by atoms with E-state index in [9.17, 15) is 19.7 Å². The number of nitro groups is 1. The maximum Gasteiger partial charge on any atom is 0.293 e. The van der Waals surface area contributed by atoms with E-state index >= 15 is 0 Å². The molecule has 0 spiro atoms. The van der Waals surface area contributed by atoms with Gasteiger partial charge in [-0.1, -0.05) is 40.9 Å². The Morgan fingerprint density at radius 3 is 2.25 bits per heavy atom. The number of anilines is 2. The molecular formula is C24H16Cl5N3O4. The normalized spacial score (nSPS) is 17.8. The molecule has 0 aromatic heterocycles. The lowest BCUT2D eigenvalue weighted by molar-refractivity contribution is -0.384. The van der Waals surface area contributed by atoms with E-state index in [-0.39, 0.29) is 27.6 Å². The molecule has 1 aliphatic rings. The van der Waals surface area contributed by atoms with E-state index < -0.39 is 32.9 Å². The average molecular weight is 588 g/mol. The Morgan fingerprint density at radius 2 is 1.61 bits per heavy atom. The lowest BCUT2D eigenvalue weighted by atomic mass is 10.1. The van der Waals surface area contributed by atoms with Gasteiger partial charge in [0.25, 0.3) is 11.6 Å². The summed E-state index contributed by atoms with van der Waals surface area (Å²) in [5.41, 5.74) is 1.29. The summed E-state index contributed by atoms with van der Waals surface area (Å²) in [5, 5.41) is 17.4. The van der Waals surface area contributed by atoms with Crippen molar-refractivity contribution in [3.8, 4) is 0 Å². The molecule has 3 aromatic carbocycles. The number of amides is 2. The highest BCUT2D eigenvalue weighted by Crippen LogP contribution is 2.65. The van der Waals surface area contributed by atoms with Gasteiger partial charge in [0.1, 0.15) is 10.0 Å². The van der Waals surface area contributed by atoms with E-state index in [0.29, 0.717) is 21.2 Å². The van der Waals surface area contributed by atoms with Crippen molar-refractivity contribution in [2.24, 2.45) is 5.92 Å². The van der Waals surface area contributed by atoms with Gasteiger partial charge in [0.15, 0.2) is 0 Å². The van der Waals surface area contributed by atoms with Gasteiger partial charge < -0.3 is 10.6 Å². The summed E-state index contributed by atoms with van der Waals surface area (Å²) in [5.74, 6) is -2.53. The van der Waals surface area contributed by atoms with Crippen LogP contribution in [0.5, 0.6) is 0 Å². The van der Waals surface area contributed by atoms with Crippen LogP contribution in [0.15, 0.2) is 54.6 Å². The van der Waals surface area contributed by atoms with Crippen LogP contribution in [0.3, 0.4) is 0 Å². The van der Waals surface area contributed by atoms with Crippen molar-refractivity contribution in [3.05, 3.63) is 96.5 Å². The predicted molar refractivity (Wildman–Crippen MR) is 143 cm³/mol. The molecule has 2 N–H and O–H groups in total. The van der Waals surface area contributed by atoms with Crippen molar-refractivity contribution in [1.82, 2.24) is 0 Å². The number of aryl methyl sites for hydroxylation is 1. The lowest BCUT2D eigenvalue weighted by Crippen LogP contribution is -2.18. The first-order chi connectivity index (χ1) is 16.9. The van der Waals surface area contributed by atoms with E-state index in [1.165, 1.54) is 30.3 Å². The fraction of sp³-hybridized carbons (Fsp3) is 0.167. The van der Waals surface area contributed by atoms with Gasteiger partial charge in [0, 0.05) is 27.7 Å². The van der Waals surface area contributed by atoms with Crippen molar-refractivity contribution >= 4 is 86.9 Å². The van der Waals surface area contributed by atoms with Gasteiger partial charge in [0.2, 0.25) is 5.91 Å². The molecule has 0 unspecified atom stereocenters. The summed E-state index contributed by atoms with van der Waals surface area (Å²) in [6.45, 7) is 1.70. The van der Waals surface area contributed by atoms with Crippen molar-refractivity contribution in [2.45, 2.75) is 17.2 Å². The van der Waals surface area contributed by atoms with Crippen molar-refractivity contribution < 1.29 is 14.5 Å². The Kier molecular flexibility index (Phi) is 7.42. The molecule has 2 amide bonds. The van der Waals surface area contributed by atoms with Crippen LogP contribution in [0.25, 0.3) is 0 Å². The van der Waals surface area contributed by atoms with Gasteiger partial charge >= 0.3 is 0 Å². The minimum Gasteiger partial charge on any atom is -0.326 e. The second kappa shape index (κ2) is 10.1. The second-order valence-corrected chi connectivity index (χ2v) is 11.0. The van der Waals surface area contributed by atoms with Crippen LogP contribution in [0.4, 0.5) is 17.1 Å². The Balaban J connectivity index is 1.53. The molecule has 2 atom stereocenters. The van der Waals surface area contributed by atoms with Gasteiger partial charge in [-0.25, -0.2) is 0 Å². The van der Waals surface area contributed by atoms with Crippen LogP contribution in [-0.4, -0.2) is 21.1 Å². The number of carbonyl (C=O) groups is 2. The third kappa shape index (κ3) is 5.41. The molecule has 0 radical (unpaired) electrons. The zero-order valence-corrected chi connectivity index (χ0v) is 22.1. The van der Waals surface area contributed by atoms with E-state index in [2.05, 4.69) is 10.6 Å².